The van der Waals surface area contributed by atoms with Gasteiger partial charge in [-0.2, -0.15) is 4.31 Å². The van der Waals surface area contributed by atoms with Gasteiger partial charge in [0.05, 0.1) is 34.9 Å². The number of pyridine rings is 1. The van der Waals surface area contributed by atoms with Gasteiger partial charge in [-0.15, -0.1) is 10.2 Å². The Hall–Kier alpha value is -2.80. The Morgan fingerprint density at radius 3 is 2.71 bits per heavy atom. The zero-order valence-corrected chi connectivity index (χ0v) is 20.6. The second kappa shape index (κ2) is 9.45. The highest BCUT2D eigenvalue weighted by molar-refractivity contribution is 7.98. The lowest BCUT2D eigenvalue weighted by Crippen LogP contribution is -2.40. The molecule has 1 saturated heterocycles. The Kier molecular flexibility index (Phi) is 6.38. The van der Waals surface area contributed by atoms with E-state index in [2.05, 4.69) is 26.7 Å². The molecule has 1 aromatic carbocycles. The smallest absolute Gasteiger partial charge is 0.243 e. The molecule has 3 aromatic heterocycles. The van der Waals surface area contributed by atoms with Crippen LogP contribution in [-0.4, -0.2) is 68.3 Å². The Bertz CT molecular complexity index is 1410. The van der Waals surface area contributed by atoms with Crippen molar-refractivity contribution < 1.29 is 13.2 Å². The Morgan fingerprint density at radius 2 is 1.97 bits per heavy atom. The lowest BCUT2D eigenvalue weighted by atomic mass is 10.3. The lowest BCUT2D eigenvalue weighted by molar-refractivity contribution is 0.0730. The Morgan fingerprint density at radius 1 is 1.15 bits per heavy atom. The van der Waals surface area contributed by atoms with Crippen LogP contribution in [0.1, 0.15) is 12.7 Å². The van der Waals surface area contributed by atoms with E-state index in [0.29, 0.717) is 37.6 Å². The summed E-state index contributed by atoms with van der Waals surface area (Å²) in [6, 6.07) is 9.00. The van der Waals surface area contributed by atoms with Gasteiger partial charge in [0.2, 0.25) is 10.0 Å². The first-order valence-corrected chi connectivity index (χ1v) is 13.4. The van der Waals surface area contributed by atoms with Crippen molar-refractivity contribution in [3.05, 3.63) is 48.5 Å². The zero-order chi connectivity index (χ0) is 23.7. The highest BCUT2D eigenvalue weighted by atomic mass is 32.2. The van der Waals surface area contributed by atoms with Gasteiger partial charge in [-0.1, -0.05) is 11.8 Å². The van der Waals surface area contributed by atoms with Crippen LogP contribution in [0.4, 0.5) is 0 Å². The molecule has 12 heteroatoms. The number of rotatable bonds is 7. The van der Waals surface area contributed by atoms with Crippen LogP contribution in [0.2, 0.25) is 0 Å². The first kappa shape index (κ1) is 23.0. The number of imidazole rings is 1. The minimum Gasteiger partial charge on any atom is -0.379 e. The molecule has 0 saturated carbocycles. The quantitative estimate of drug-likeness (QED) is 0.357. The first-order chi connectivity index (χ1) is 16.5. The fraction of sp³-hybridized carbons (Fsp3) is 0.364. The molecule has 4 heterocycles. The normalized spacial score (nSPS) is 15.2. The van der Waals surface area contributed by atoms with E-state index in [-0.39, 0.29) is 4.90 Å². The van der Waals surface area contributed by atoms with Gasteiger partial charge >= 0.3 is 0 Å². The molecule has 5 rings (SSSR count). The summed E-state index contributed by atoms with van der Waals surface area (Å²) in [7, 11) is -1.65. The van der Waals surface area contributed by atoms with E-state index in [9.17, 15) is 8.42 Å². The molecule has 4 aromatic rings. The molecule has 178 valence electrons. The van der Waals surface area contributed by atoms with Gasteiger partial charge in [-0.3, -0.25) is 4.98 Å². The molecule has 0 atom stereocenters. The van der Waals surface area contributed by atoms with Gasteiger partial charge in [-0.25, -0.2) is 13.4 Å². The third-order valence-electron chi connectivity index (χ3n) is 5.81. The van der Waals surface area contributed by atoms with Crippen LogP contribution in [0.25, 0.3) is 22.4 Å². The molecule has 0 radical (unpaired) electrons. The zero-order valence-electron chi connectivity index (χ0n) is 19.0. The van der Waals surface area contributed by atoms with Gasteiger partial charge < -0.3 is 13.9 Å². The molecule has 0 spiro atoms. The summed E-state index contributed by atoms with van der Waals surface area (Å²) in [5.41, 5.74) is 2.48. The summed E-state index contributed by atoms with van der Waals surface area (Å²) < 4.78 is 36.9. The highest BCUT2D eigenvalue weighted by Gasteiger charge is 2.27. The predicted octanol–water partition coefficient (Wildman–Crippen LogP) is 2.56. The lowest BCUT2D eigenvalue weighted by Gasteiger charge is -2.26. The number of morpholine rings is 1. The van der Waals surface area contributed by atoms with E-state index in [0.717, 1.165) is 34.4 Å². The van der Waals surface area contributed by atoms with E-state index in [4.69, 9.17) is 9.72 Å². The Balaban J connectivity index is 1.40. The van der Waals surface area contributed by atoms with Crippen molar-refractivity contribution in [2.24, 2.45) is 7.05 Å². The molecule has 0 unspecified atom stereocenters. The molecule has 1 fully saturated rings. The molecular weight excluding hydrogens is 474 g/mol. The molecule has 0 bridgehead atoms. The monoisotopic (exact) mass is 499 g/mol. The second-order valence-corrected chi connectivity index (χ2v) is 10.7. The number of benzene rings is 1. The van der Waals surface area contributed by atoms with Crippen LogP contribution >= 0.6 is 11.8 Å². The molecule has 1 aliphatic rings. The average molecular weight is 500 g/mol. The number of aromatic nitrogens is 6. The molecule has 34 heavy (non-hydrogen) atoms. The minimum absolute atomic E-state index is 0.260. The van der Waals surface area contributed by atoms with Gasteiger partial charge in [0.1, 0.15) is 5.82 Å². The summed E-state index contributed by atoms with van der Waals surface area (Å²) in [6.45, 7) is 4.34. The van der Waals surface area contributed by atoms with E-state index >= 15 is 0 Å². The SMILES string of the molecule is CCn1c(CSc2nnc(-c3cccnc3)n2C)nc2cc(S(=O)(=O)N3CCOCC3)ccc21. The summed E-state index contributed by atoms with van der Waals surface area (Å²) in [5, 5.41) is 9.41. The number of ether oxygens (including phenoxy) is 1. The molecular formula is C22H25N7O3S2. The van der Waals surface area contributed by atoms with Crippen molar-refractivity contribution in [3.8, 4) is 11.4 Å². The van der Waals surface area contributed by atoms with E-state index < -0.39 is 10.0 Å². The van der Waals surface area contributed by atoms with Crippen molar-refractivity contribution in [3.63, 3.8) is 0 Å². The van der Waals surface area contributed by atoms with Gasteiger partial charge in [0.15, 0.2) is 11.0 Å². The number of hydrogen-bond acceptors (Lipinski definition) is 8. The van der Waals surface area contributed by atoms with Crippen molar-refractivity contribution >= 4 is 32.8 Å². The van der Waals surface area contributed by atoms with Crippen molar-refractivity contribution in [1.29, 1.82) is 0 Å². The summed E-state index contributed by atoms with van der Waals surface area (Å²) in [4.78, 5) is 9.19. The topological polar surface area (TPSA) is 108 Å². The largest absolute Gasteiger partial charge is 0.379 e. The number of fused-ring (bicyclic) bond motifs is 1. The maximum atomic E-state index is 13.1. The summed E-state index contributed by atoms with van der Waals surface area (Å²) >= 11 is 1.54. The summed E-state index contributed by atoms with van der Waals surface area (Å²) in [6.07, 6.45) is 3.49. The van der Waals surface area contributed by atoms with Crippen LogP contribution in [0.5, 0.6) is 0 Å². The molecule has 10 nitrogen and oxygen atoms in total. The number of sulfonamides is 1. The maximum absolute atomic E-state index is 13.1. The minimum atomic E-state index is -3.58. The van der Waals surface area contributed by atoms with Crippen molar-refractivity contribution in [2.75, 3.05) is 26.3 Å². The van der Waals surface area contributed by atoms with Crippen LogP contribution < -0.4 is 0 Å². The van der Waals surface area contributed by atoms with E-state index in [1.54, 1.807) is 24.5 Å². The van der Waals surface area contributed by atoms with Gasteiger partial charge in [-0.05, 0) is 37.3 Å². The maximum Gasteiger partial charge on any atom is 0.243 e. The fourth-order valence-electron chi connectivity index (χ4n) is 4.04. The second-order valence-electron chi connectivity index (χ2n) is 7.83. The average Bonchev–Trinajstić information content (AvgIpc) is 3.42. The van der Waals surface area contributed by atoms with Crippen LogP contribution in [0.3, 0.4) is 0 Å². The van der Waals surface area contributed by atoms with Crippen molar-refractivity contribution in [1.82, 2.24) is 33.6 Å². The fourth-order valence-corrected chi connectivity index (χ4v) is 6.32. The van der Waals surface area contributed by atoms with Gasteiger partial charge in [0, 0.05) is 44.6 Å². The third-order valence-corrected chi connectivity index (χ3v) is 8.72. The van der Waals surface area contributed by atoms with E-state index in [1.165, 1.54) is 16.1 Å². The van der Waals surface area contributed by atoms with Crippen LogP contribution in [0, 0.1) is 0 Å². The van der Waals surface area contributed by atoms with E-state index in [1.807, 2.05) is 29.8 Å². The molecule has 0 N–H and O–H groups in total. The predicted molar refractivity (Wildman–Crippen MR) is 129 cm³/mol. The number of hydrogen-bond donors (Lipinski definition) is 0. The number of thioether (sulfide) groups is 1. The molecule has 0 amide bonds. The first-order valence-electron chi connectivity index (χ1n) is 11.0. The molecule has 0 aliphatic carbocycles. The number of nitrogens with zero attached hydrogens (tertiary/aromatic N) is 7. The number of aryl methyl sites for hydroxylation is 1. The van der Waals surface area contributed by atoms with Crippen LogP contribution in [-0.2, 0) is 34.1 Å². The third kappa shape index (κ3) is 4.22. The standard InChI is InChI=1S/C22H25N7O3S2/c1-3-29-19-7-6-17(34(30,31)28-9-11-32-12-10-28)13-18(19)24-20(29)15-33-22-26-25-21(27(22)2)16-5-4-8-23-14-16/h4-8,13-14H,3,9-12,15H2,1-2H3. The van der Waals surface area contributed by atoms with Crippen molar-refractivity contribution in [2.45, 2.75) is 29.3 Å². The highest BCUT2D eigenvalue weighted by Crippen LogP contribution is 2.28. The van der Waals surface area contributed by atoms with Crippen LogP contribution in [0.15, 0.2) is 52.8 Å². The van der Waals surface area contributed by atoms with Gasteiger partial charge in [0.25, 0.3) is 0 Å². The summed E-state index contributed by atoms with van der Waals surface area (Å²) in [5.74, 6) is 2.18. The Labute approximate surface area is 202 Å². The molecule has 1 aliphatic heterocycles.